The monoisotopic (exact) mass is 359 g/mol. The molecule has 1 amide bonds. The van der Waals surface area contributed by atoms with E-state index in [0.717, 1.165) is 11.1 Å². The Balaban J connectivity index is 1.70. The topological polar surface area (TPSA) is 85.6 Å². The quantitative estimate of drug-likeness (QED) is 0.784. The van der Waals surface area contributed by atoms with E-state index in [0.29, 0.717) is 24.3 Å². The number of aromatic nitrogens is 2. The second-order valence-corrected chi connectivity index (χ2v) is 6.74. The molecule has 0 spiro atoms. The maximum Gasteiger partial charge on any atom is 0.224 e. The molecule has 2 N–H and O–H groups in total. The number of aryl methyl sites for hydroxylation is 1. The average Bonchev–Trinajstić information content (AvgIpc) is 3.03. The van der Waals surface area contributed by atoms with Crippen LogP contribution >= 0.6 is 0 Å². The predicted octanol–water partition coefficient (Wildman–Crippen LogP) is 1.61. The lowest BCUT2D eigenvalue weighted by Gasteiger charge is -2.37. The molecule has 1 unspecified atom stereocenters. The summed E-state index contributed by atoms with van der Waals surface area (Å²) in [6.07, 6.45) is 5.03. The van der Waals surface area contributed by atoms with Gasteiger partial charge in [-0.2, -0.15) is 5.10 Å². The molecule has 1 fully saturated rings. The highest BCUT2D eigenvalue weighted by atomic mass is 16.5. The molecular formula is C19H25N3O4. The van der Waals surface area contributed by atoms with Gasteiger partial charge in [0.25, 0.3) is 0 Å². The van der Waals surface area contributed by atoms with Gasteiger partial charge in [0.15, 0.2) is 11.5 Å². The van der Waals surface area contributed by atoms with Crippen LogP contribution in [0.5, 0.6) is 11.5 Å². The van der Waals surface area contributed by atoms with Gasteiger partial charge in [0, 0.05) is 18.8 Å². The number of rotatable bonds is 7. The van der Waals surface area contributed by atoms with E-state index in [-0.39, 0.29) is 30.4 Å². The van der Waals surface area contributed by atoms with E-state index in [9.17, 15) is 9.90 Å². The smallest absolute Gasteiger partial charge is 0.224 e. The molecule has 1 aromatic heterocycles. The van der Waals surface area contributed by atoms with Crippen LogP contribution in [0.3, 0.4) is 0 Å². The minimum absolute atomic E-state index is 0.0764. The first kappa shape index (κ1) is 18.3. The highest BCUT2D eigenvalue weighted by Crippen LogP contribution is 2.38. The Morgan fingerprint density at radius 2 is 2.08 bits per heavy atom. The number of aliphatic hydroxyl groups is 1. The number of amides is 1. The van der Waals surface area contributed by atoms with E-state index in [2.05, 4.69) is 10.4 Å². The maximum absolute atomic E-state index is 12.6. The van der Waals surface area contributed by atoms with E-state index in [1.54, 1.807) is 31.2 Å². The van der Waals surface area contributed by atoms with E-state index in [1.807, 2.05) is 25.4 Å². The molecule has 0 saturated heterocycles. The fourth-order valence-electron chi connectivity index (χ4n) is 3.38. The molecule has 7 heteroatoms. The molecule has 0 bridgehead atoms. The van der Waals surface area contributed by atoms with Gasteiger partial charge in [-0.3, -0.25) is 9.48 Å². The number of carbonyl (C=O) groups excluding carboxylic acids is 1. The van der Waals surface area contributed by atoms with Crippen molar-refractivity contribution in [3.63, 3.8) is 0 Å². The SMILES string of the molecule is COc1ccc(CC(=O)NC(c2cnn(C)c2)C2CC(O)C2)cc1OC. The van der Waals surface area contributed by atoms with Crippen LogP contribution in [0.15, 0.2) is 30.6 Å². The van der Waals surface area contributed by atoms with Crippen LogP contribution in [0, 0.1) is 5.92 Å². The fourth-order valence-corrected chi connectivity index (χ4v) is 3.38. The lowest BCUT2D eigenvalue weighted by Crippen LogP contribution is -2.41. The minimum atomic E-state index is -0.276. The number of aliphatic hydroxyl groups excluding tert-OH is 1. The zero-order chi connectivity index (χ0) is 18.7. The van der Waals surface area contributed by atoms with E-state index >= 15 is 0 Å². The van der Waals surface area contributed by atoms with Gasteiger partial charge in [-0.15, -0.1) is 0 Å². The van der Waals surface area contributed by atoms with Gasteiger partial charge in [-0.1, -0.05) is 6.07 Å². The molecule has 1 heterocycles. The zero-order valence-electron chi connectivity index (χ0n) is 15.3. The lowest BCUT2D eigenvalue weighted by molar-refractivity contribution is -0.122. The molecule has 1 aromatic carbocycles. The van der Waals surface area contributed by atoms with Crippen molar-refractivity contribution in [2.75, 3.05) is 14.2 Å². The molecule has 7 nitrogen and oxygen atoms in total. The van der Waals surface area contributed by atoms with Gasteiger partial charge in [-0.05, 0) is 36.5 Å². The van der Waals surface area contributed by atoms with Crippen molar-refractivity contribution in [3.05, 3.63) is 41.7 Å². The van der Waals surface area contributed by atoms with Crippen molar-refractivity contribution in [2.45, 2.75) is 31.4 Å². The summed E-state index contributed by atoms with van der Waals surface area (Å²) >= 11 is 0. The van der Waals surface area contributed by atoms with Gasteiger partial charge >= 0.3 is 0 Å². The van der Waals surface area contributed by atoms with Crippen LogP contribution in [0.4, 0.5) is 0 Å². The summed E-state index contributed by atoms with van der Waals surface area (Å²) < 4.78 is 12.2. The Bertz CT molecular complexity index is 768. The molecule has 1 atom stereocenters. The third-order valence-corrected chi connectivity index (χ3v) is 4.83. The van der Waals surface area contributed by atoms with Crippen molar-refractivity contribution < 1.29 is 19.4 Å². The van der Waals surface area contributed by atoms with Crippen molar-refractivity contribution in [1.29, 1.82) is 0 Å². The molecule has 0 radical (unpaired) electrons. The summed E-state index contributed by atoms with van der Waals surface area (Å²) in [7, 11) is 5.00. The maximum atomic E-state index is 12.6. The number of hydrogen-bond acceptors (Lipinski definition) is 5. The summed E-state index contributed by atoms with van der Waals surface area (Å²) in [5.41, 5.74) is 1.81. The molecular weight excluding hydrogens is 334 g/mol. The number of ether oxygens (including phenoxy) is 2. The van der Waals surface area contributed by atoms with Crippen molar-refractivity contribution in [1.82, 2.24) is 15.1 Å². The standard InChI is InChI=1S/C19H25N3O4/c1-22-11-14(10-20-22)19(13-8-15(23)9-13)21-18(24)7-12-4-5-16(25-2)17(6-12)26-3/h4-6,10-11,13,15,19,23H,7-9H2,1-3H3,(H,21,24). The van der Waals surface area contributed by atoms with Gasteiger partial charge in [-0.25, -0.2) is 0 Å². The molecule has 1 saturated carbocycles. The minimum Gasteiger partial charge on any atom is -0.493 e. The van der Waals surface area contributed by atoms with Crippen LogP contribution in [0.1, 0.15) is 30.0 Å². The summed E-state index contributed by atoms with van der Waals surface area (Å²) in [5.74, 6) is 1.38. The molecule has 1 aliphatic rings. The summed E-state index contributed by atoms with van der Waals surface area (Å²) in [4.78, 5) is 12.6. The van der Waals surface area contributed by atoms with Crippen LogP contribution in [0.25, 0.3) is 0 Å². The second kappa shape index (κ2) is 7.78. The summed E-state index contributed by atoms with van der Waals surface area (Å²) in [6, 6.07) is 5.32. The predicted molar refractivity (Wildman–Crippen MR) is 96.1 cm³/mol. The van der Waals surface area contributed by atoms with E-state index in [1.165, 1.54) is 0 Å². The fraction of sp³-hybridized carbons (Fsp3) is 0.474. The van der Waals surface area contributed by atoms with Gasteiger partial charge < -0.3 is 19.9 Å². The number of carbonyl (C=O) groups is 1. The summed E-state index contributed by atoms with van der Waals surface area (Å²) in [6.45, 7) is 0. The molecule has 26 heavy (non-hydrogen) atoms. The Morgan fingerprint density at radius 3 is 2.65 bits per heavy atom. The van der Waals surface area contributed by atoms with Crippen molar-refractivity contribution in [3.8, 4) is 11.5 Å². The second-order valence-electron chi connectivity index (χ2n) is 6.74. The number of benzene rings is 1. The third kappa shape index (κ3) is 3.99. The third-order valence-electron chi connectivity index (χ3n) is 4.83. The first-order valence-electron chi connectivity index (χ1n) is 8.67. The molecule has 140 valence electrons. The van der Waals surface area contributed by atoms with Gasteiger partial charge in [0.05, 0.1) is 39.0 Å². The van der Waals surface area contributed by atoms with Crippen LogP contribution in [-0.4, -0.2) is 41.1 Å². The number of methoxy groups -OCH3 is 2. The Morgan fingerprint density at radius 1 is 1.35 bits per heavy atom. The number of nitrogens with zero attached hydrogens (tertiary/aromatic N) is 2. The van der Waals surface area contributed by atoms with Crippen LogP contribution < -0.4 is 14.8 Å². The van der Waals surface area contributed by atoms with Crippen LogP contribution in [-0.2, 0) is 18.3 Å². The van der Waals surface area contributed by atoms with E-state index < -0.39 is 0 Å². The molecule has 1 aliphatic carbocycles. The van der Waals surface area contributed by atoms with Crippen molar-refractivity contribution in [2.24, 2.45) is 13.0 Å². The molecule has 0 aliphatic heterocycles. The highest BCUT2D eigenvalue weighted by molar-refractivity contribution is 5.79. The first-order valence-corrected chi connectivity index (χ1v) is 8.67. The zero-order valence-corrected chi connectivity index (χ0v) is 15.3. The Kier molecular flexibility index (Phi) is 5.46. The van der Waals surface area contributed by atoms with Crippen LogP contribution in [0.2, 0.25) is 0 Å². The number of hydrogen-bond donors (Lipinski definition) is 2. The first-order chi connectivity index (χ1) is 12.5. The average molecular weight is 359 g/mol. The summed E-state index contributed by atoms with van der Waals surface area (Å²) in [5, 5.41) is 16.9. The van der Waals surface area contributed by atoms with Gasteiger partial charge in [0.1, 0.15) is 0 Å². The Labute approximate surface area is 152 Å². The number of nitrogens with one attached hydrogen (secondary N) is 1. The van der Waals surface area contributed by atoms with E-state index in [4.69, 9.17) is 9.47 Å². The molecule has 3 rings (SSSR count). The van der Waals surface area contributed by atoms with Gasteiger partial charge in [0.2, 0.25) is 5.91 Å². The van der Waals surface area contributed by atoms with Crippen molar-refractivity contribution >= 4 is 5.91 Å². The Hall–Kier alpha value is -2.54. The molecule has 2 aromatic rings. The lowest BCUT2D eigenvalue weighted by atomic mass is 9.75. The largest absolute Gasteiger partial charge is 0.493 e. The highest BCUT2D eigenvalue weighted by Gasteiger charge is 2.36. The normalized spacial score (nSPS) is 20.2.